The highest BCUT2D eigenvalue weighted by molar-refractivity contribution is 6.31. The van der Waals surface area contributed by atoms with Crippen LogP contribution in [-0.4, -0.2) is 60.4 Å². The fourth-order valence-electron chi connectivity index (χ4n) is 3.98. The number of hydrogen-bond donors (Lipinski definition) is 1. The van der Waals surface area contributed by atoms with E-state index < -0.39 is 5.82 Å². The number of carbonyl (C=O) groups excluding carboxylic acids is 2. The predicted molar refractivity (Wildman–Crippen MR) is 103 cm³/mol. The van der Waals surface area contributed by atoms with Crippen LogP contribution in [0, 0.1) is 11.7 Å². The average Bonchev–Trinajstić information content (AvgIpc) is 2.64. The van der Waals surface area contributed by atoms with Crippen LogP contribution in [-0.2, 0) is 4.79 Å². The maximum atomic E-state index is 13.9. The summed E-state index contributed by atoms with van der Waals surface area (Å²) in [5.41, 5.74) is 0.000103. The molecule has 148 valence electrons. The third-order valence-electron chi connectivity index (χ3n) is 5.49. The van der Waals surface area contributed by atoms with E-state index in [-0.39, 0.29) is 23.4 Å². The van der Waals surface area contributed by atoms with Gasteiger partial charge in [0.15, 0.2) is 0 Å². The Labute approximate surface area is 164 Å². The first kappa shape index (κ1) is 20.1. The van der Waals surface area contributed by atoms with Gasteiger partial charge in [0, 0.05) is 37.2 Å². The lowest BCUT2D eigenvalue weighted by Crippen LogP contribution is -2.52. The molecule has 0 aromatic heterocycles. The van der Waals surface area contributed by atoms with Crippen molar-refractivity contribution in [3.63, 3.8) is 0 Å². The van der Waals surface area contributed by atoms with Crippen LogP contribution in [0.2, 0.25) is 5.02 Å². The highest BCUT2D eigenvalue weighted by Crippen LogP contribution is 2.23. The molecule has 1 aliphatic heterocycles. The van der Waals surface area contributed by atoms with Crippen molar-refractivity contribution in [2.75, 3.05) is 32.7 Å². The van der Waals surface area contributed by atoms with Crippen molar-refractivity contribution < 1.29 is 14.0 Å². The number of rotatable bonds is 4. The molecule has 7 heteroatoms. The second-order valence-corrected chi connectivity index (χ2v) is 8.17. The first-order valence-electron chi connectivity index (χ1n) is 9.68. The molecule has 1 N–H and O–H groups in total. The molecule has 0 spiro atoms. The summed E-state index contributed by atoms with van der Waals surface area (Å²) in [6.07, 6.45) is 4.53. The van der Waals surface area contributed by atoms with Crippen LogP contribution >= 0.6 is 11.6 Å². The summed E-state index contributed by atoms with van der Waals surface area (Å²) in [6, 6.07) is 4.29. The molecule has 27 heavy (non-hydrogen) atoms. The zero-order valence-electron chi connectivity index (χ0n) is 15.7. The number of halogens is 2. The first-order chi connectivity index (χ1) is 12.9. The topological polar surface area (TPSA) is 52.7 Å². The van der Waals surface area contributed by atoms with Crippen molar-refractivity contribution in [1.29, 1.82) is 0 Å². The number of amides is 2. The van der Waals surface area contributed by atoms with Crippen molar-refractivity contribution in [2.45, 2.75) is 38.6 Å². The molecule has 2 amide bonds. The van der Waals surface area contributed by atoms with Gasteiger partial charge in [0.25, 0.3) is 5.91 Å². The van der Waals surface area contributed by atoms with Gasteiger partial charge >= 0.3 is 0 Å². The predicted octanol–water partition coefficient (Wildman–Crippen LogP) is 2.93. The minimum absolute atomic E-state index is 0.000103. The summed E-state index contributed by atoms with van der Waals surface area (Å²) in [5, 5.41) is 3.48. The van der Waals surface area contributed by atoms with E-state index in [0.29, 0.717) is 43.7 Å². The molecule has 0 bridgehead atoms. The molecule has 2 unspecified atom stereocenters. The van der Waals surface area contributed by atoms with E-state index in [1.54, 1.807) is 4.90 Å². The van der Waals surface area contributed by atoms with E-state index in [4.69, 9.17) is 11.6 Å². The molecule has 0 radical (unpaired) electrons. The van der Waals surface area contributed by atoms with Crippen LogP contribution in [0.4, 0.5) is 4.39 Å². The van der Waals surface area contributed by atoms with Gasteiger partial charge in [0.1, 0.15) is 5.82 Å². The number of piperazine rings is 1. The molecule has 2 aliphatic rings. The van der Waals surface area contributed by atoms with Gasteiger partial charge in [0.05, 0.1) is 12.1 Å². The van der Waals surface area contributed by atoms with Crippen LogP contribution in [0.15, 0.2) is 18.2 Å². The number of carbonyl (C=O) groups is 2. The lowest BCUT2D eigenvalue weighted by molar-refractivity contribution is -0.123. The molecule has 5 nitrogen and oxygen atoms in total. The van der Waals surface area contributed by atoms with Crippen LogP contribution < -0.4 is 5.32 Å². The summed E-state index contributed by atoms with van der Waals surface area (Å²) in [5.74, 6) is -0.191. The average molecular weight is 396 g/mol. The van der Waals surface area contributed by atoms with Crippen molar-refractivity contribution in [2.24, 2.45) is 5.92 Å². The second-order valence-electron chi connectivity index (χ2n) is 7.73. The van der Waals surface area contributed by atoms with Gasteiger partial charge < -0.3 is 10.2 Å². The molecule has 2 fully saturated rings. The van der Waals surface area contributed by atoms with Crippen molar-refractivity contribution >= 4 is 23.4 Å². The van der Waals surface area contributed by atoms with E-state index in [1.807, 2.05) is 4.90 Å². The normalized spacial score (nSPS) is 23.9. The zero-order valence-corrected chi connectivity index (χ0v) is 16.5. The highest BCUT2D eigenvalue weighted by Gasteiger charge is 2.26. The Bertz CT molecular complexity index is 692. The Morgan fingerprint density at radius 2 is 1.96 bits per heavy atom. The van der Waals surface area contributed by atoms with Crippen LogP contribution in [0.1, 0.15) is 43.0 Å². The van der Waals surface area contributed by atoms with E-state index in [9.17, 15) is 14.0 Å². The molecule has 1 aromatic rings. The third kappa shape index (κ3) is 5.42. The maximum Gasteiger partial charge on any atom is 0.256 e. The van der Waals surface area contributed by atoms with Crippen molar-refractivity contribution in [1.82, 2.24) is 15.1 Å². The molecule has 3 rings (SSSR count). The molecule has 1 heterocycles. The molecule has 1 saturated carbocycles. The van der Waals surface area contributed by atoms with E-state index in [0.717, 1.165) is 12.8 Å². The Morgan fingerprint density at radius 1 is 1.22 bits per heavy atom. The van der Waals surface area contributed by atoms with Crippen LogP contribution in [0.3, 0.4) is 0 Å². The quantitative estimate of drug-likeness (QED) is 0.852. The number of hydrogen-bond acceptors (Lipinski definition) is 3. The van der Waals surface area contributed by atoms with Crippen molar-refractivity contribution in [3.05, 3.63) is 34.6 Å². The monoisotopic (exact) mass is 395 g/mol. The largest absolute Gasteiger partial charge is 0.352 e. The minimum Gasteiger partial charge on any atom is -0.352 e. The van der Waals surface area contributed by atoms with Gasteiger partial charge in [0.2, 0.25) is 5.91 Å². The number of benzene rings is 1. The fourth-order valence-corrected chi connectivity index (χ4v) is 4.15. The van der Waals surface area contributed by atoms with Gasteiger partial charge in [-0.15, -0.1) is 0 Å². The van der Waals surface area contributed by atoms with Crippen molar-refractivity contribution in [3.8, 4) is 0 Å². The van der Waals surface area contributed by atoms with E-state index in [1.165, 1.54) is 31.0 Å². The smallest absolute Gasteiger partial charge is 0.256 e. The Hall–Kier alpha value is -1.66. The molecule has 2 atom stereocenters. The maximum absolute atomic E-state index is 13.9. The van der Waals surface area contributed by atoms with Crippen LogP contribution in [0.5, 0.6) is 0 Å². The summed E-state index contributed by atoms with van der Waals surface area (Å²) in [6.45, 7) is 4.72. The lowest BCUT2D eigenvalue weighted by atomic mass is 9.87. The summed E-state index contributed by atoms with van der Waals surface area (Å²) in [7, 11) is 0. The first-order valence-corrected chi connectivity index (χ1v) is 10.1. The summed E-state index contributed by atoms with van der Waals surface area (Å²) >= 11 is 5.88. The molecular formula is C20H27ClFN3O2. The summed E-state index contributed by atoms with van der Waals surface area (Å²) < 4.78 is 13.9. The Morgan fingerprint density at radius 3 is 2.67 bits per heavy atom. The van der Waals surface area contributed by atoms with Gasteiger partial charge in [-0.25, -0.2) is 4.39 Å². The SMILES string of the molecule is CC1CCCC(NC(=O)CN2CCN(C(=O)c3cc(Cl)ccc3F)CC2)C1. The lowest BCUT2D eigenvalue weighted by Gasteiger charge is -2.35. The van der Waals surface area contributed by atoms with Gasteiger partial charge in [-0.3, -0.25) is 14.5 Å². The molecule has 1 aliphatic carbocycles. The van der Waals surface area contributed by atoms with E-state index in [2.05, 4.69) is 12.2 Å². The highest BCUT2D eigenvalue weighted by atomic mass is 35.5. The van der Waals surface area contributed by atoms with E-state index >= 15 is 0 Å². The molecular weight excluding hydrogens is 369 g/mol. The van der Waals surface area contributed by atoms with Gasteiger partial charge in [-0.05, 0) is 37.0 Å². The zero-order chi connectivity index (χ0) is 19.4. The number of nitrogens with one attached hydrogen (secondary N) is 1. The molecule has 1 saturated heterocycles. The standard InChI is InChI=1S/C20H27ClFN3O2/c1-14-3-2-4-16(11-14)23-19(26)13-24-7-9-25(10-8-24)20(27)17-12-15(21)5-6-18(17)22/h5-6,12,14,16H,2-4,7-11,13H2,1H3,(H,23,26). The van der Waals surface area contributed by atoms with Gasteiger partial charge in [-0.1, -0.05) is 31.4 Å². The fraction of sp³-hybridized carbons (Fsp3) is 0.600. The molecule has 1 aromatic carbocycles. The third-order valence-corrected chi connectivity index (χ3v) is 5.72. The minimum atomic E-state index is -0.562. The number of nitrogens with zero attached hydrogens (tertiary/aromatic N) is 2. The van der Waals surface area contributed by atoms with Crippen LogP contribution in [0.25, 0.3) is 0 Å². The second kappa shape index (κ2) is 9.02. The Balaban J connectivity index is 1.46. The van der Waals surface area contributed by atoms with Gasteiger partial charge in [-0.2, -0.15) is 0 Å². The summed E-state index contributed by atoms with van der Waals surface area (Å²) in [4.78, 5) is 28.5. The Kier molecular flexibility index (Phi) is 6.71.